The molecule has 0 aromatic carbocycles. The average Bonchev–Trinajstić information content (AvgIpc) is 2.69. The molecule has 2 saturated heterocycles. The zero-order valence-electron chi connectivity index (χ0n) is 12.6. The summed E-state index contributed by atoms with van der Waals surface area (Å²) < 4.78 is 23.3. The summed E-state index contributed by atoms with van der Waals surface area (Å²) in [7, 11) is -3.05. The van der Waals surface area contributed by atoms with Gasteiger partial charge in [-0.25, -0.2) is 8.42 Å². The SMILES string of the molecule is CCCNC(C)C1CCCN(C2CS(=O)(=O)CC2O)C1. The summed E-state index contributed by atoms with van der Waals surface area (Å²) in [5.41, 5.74) is 0. The number of nitrogens with zero attached hydrogens (tertiary/aromatic N) is 1. The van der Waals surface area contributed by atoms with Gasteiger partial charge >= 0.3 is 0 Å². The quantitative estimate of drug-likeness (QED) is 0.762. The number of aliphatic hydroxyl groups is 1. The van der Waals surface area contributed by atoms with E-state index in [4.69, 9.17) is 0 Å². The van der Waals surface area contributed by atoms with Crippen molar-refractivity contribution < 1.29 is 13.5 Å². The summed E-state index contributed by atoms with van der Waals surface area (Å²) in [4.78, 5) is 2.20. The lowest BCUT2D eigenvalue weighted by Crippen LogP contribution is -2.51. The van der Waals surface area contributed by atoms with Crippen molar-refractivity contribution in [2.45, 2.75) is 51.3 Å². The lowest BCUT2D eigenvalue weighted by atomic mass is 9.90. The molecule has 2 heterocycles. The van der Waals surface area contributed by atoms with Crippen molar-refractivity contribution in [2.75, 3.05) is 31.1 Å². The van der Waals surface area contributed by atoms with Crippen LogP contribution in [0.1, 0.15) is 33.1 Å². The number of piperidine rings is 1. The molecule has 4 unspecified atom stereocenters. The third-order valence-electron chi connectivity index (χ3n) is 4.68. The topological polar surface area (TPSA) is 69.6 Å². The van der Waals surface area contributed by atoms with Crippen LogP contribution in [0.4, 0.5) is 0 Å². The van der Waals surface area contributed by atoms with E-state index in [1.54, 1.807) is 0 Å². The highest BCUT2D eigenvalue weighted by Gasteiger charge is 2.41. The van der Waals surface area contributed by atoms with E-state index in [1.807, 2.05) is 0 Å². The van der Waals surface area contributed by atoms with Crippen molar-refractivity contribution in [3.8, 4) is 0 Å². The van der Waals surface area contributed by atoms with Crippen molar-refractivity contribution in [3.05, 3.63) is 0 Å². The normalized spacial score (nSPS) is 36.0. The van der Waals surface area contributed by atoms with Crippen LogP contribution in [0, 0.1) is 5.92 Å². The second-order valence-electron chi connectivity index (χ2n) is 6.35. The van der Waals surface area contributed by atoms with Gasteiger partial charge in [0.25, 0.3) is 0 Å². The Labute approximate surface area is 122 Å². The van der Waals surface area contributed by atoms with Gasteiger partial charge in [0.1, 0.15) is 0 Å². The van der Waals surface area contributed by atoms with Crippen LogP contribution in [0.2, 0.25) is 0 Å². The Morgan fingerprint density at radius 3 is 2.75 bits per heavy atom. The third-order valence-corrected chi connectivity index (χ3v) is 6.37. The van der Waals surface area contributed by atoms with Gasteiger partial charge in [-0.05, 0) is 45.2 Å². The van der Waals surface area contributed by atoms with Crippen LogP contribution in [-0.2, 0) is 9.84 Å². The summed E-state index contributed by atoms with van der Waals surface area (Å²) >= 11 is 0. The molecule has 0 aliphatic carbocycles. The van der Waals surface area contributed by atoms with Crippen molar-refractivity contribution in [3.63, 3.8) is 0 Å². The summed E-state index contributed by atoms with van der Waals surface area (Å²) in [6.07, 6.45) is 2.69. The fourth-order valence-corrected chi connectivity index (χ4v) is 5.28. The van der Waals surface area contributed by atoms with E-state index in [-0.39, 0.29) is 17.5 Å². The number of hydrogen-bond acceptors (Lipinski definition) is 5. The van der Waals surface area contributed by atoms with E-state index in [0.29, 0.717) is 12.0 Å². The maximum Gasteiger partial charge on any atom is 0.154 e. The first-order valence-corrected chi connectivity index (χ1v) is 9.61. The molecule has 0 bridgehead atoms. The molecule has 20 heavy (non-hydrogen) atoms. The molecular formula is C14H28N2O3S. The predicted octanol–water partition coefficient (Wildman–Crippen LogP) is 0.244. The number of aliphatic hydroxyl groups excluding tert-OH is 1. The maximum atomic E-state index is 11.7. The number of sulfone groups is 1. The highest BCUT2D eigenvalue weighted by molar-refractivity contribution is 7.91. The number of rotatable bonds is 5. The van der Waals surface area contributed by atoms with Crippen molar-refractivity contribution in [1.29, 1.82) is 0 Å². The minimum absolute atomic E-state index is 0.0670. The first-order chi connectivity index (χ1) is 9.43. The minimum atomic E-state index is -3.05. The van der Waals surface area contributed by atoms with Gasteiger partial charge in [0, 0.05) is 12.6 Å². The zero-order valence-corrected chi connectivity index (χ0v) is 13.4. The van der Waals surface area contributed by atoms with Gasteiger partial charge in [-0.1, -0.05) is 6.92 Å². The Balaban J connectivity index is 1.93. The molecule has 2 rings (SSSR count). The van der Waals surface area contributed by atoms with Crippen LogP contribution < -0.4 is 5.32 Å². The molecule has 0 spiro atoms. The van der Waals surface area contributed by atoms with Crippen LogP contribution in [0.5, 0.6) is 0 Å². The summed E-state index contributed by atoms with van der Waals surface area (Å²) in [6, 6.07) is 0.258. The van der Waals surface area contributed by atoms with Crippen molar-refractivity contribution in [2.24, 2.45) is 5.92 Å². The smallest absolute Gasteiger partial charge is 0.154 e. The maximum absolute atomic E-state index is 11.7. The van der Waals surface area contributed by atoms with Crippen LogP contribution in [0.15, 0.2) is 0 Å². The van der Waals surface area contributed by atoms with Gasteiger partial charge in [0.05, 0.1) is 23.7 Å². The Hall–Kier alpha value is -0.170. The molecule has 0 radical (unpaired) electrons. The molecule has 0 aromatic heterocycles. The van der Waals surface area contributed by atoms with Gasteiger partial charge in [-0.2, -0.15) is 0 Å². The molecular weight excluding hydrogens is 276 g/mol. The standard InChI is InChI=1S/C14H28N2O3S/c1-3-6-15-11(2)12-5-4-7-16(8-12)13-9-20(18,19)10-14(13)17/h11-15,17H,3-10H2,1-2H3. The third kappa shape index (κ3) is 3.93. The number of likely N-dealkylation sites (tertiary alicyclic amines) is 1. The summed E-state index contributed by atoms with van der Waals surface area (Å²) in [5, 5.41) is 13.5. The van der Waals surface area contributed by atoms with Gasteiger partial charge in [0.15, 0.2) is 9.84 Å². The van der Waals surface area contributed by atoms with E-state index in [0.717, 1.165) is 32.5 Å². The lowest BCUT2D eigenvalue weighted by molar-refractivity contribution is 0.0471. The Morgan fingerprint density at radius 2 is 2.15 bits per heavy atom. The molecule has 6 heteroatoms. The van der Waals surface area contributed by atoms with Crippen LogP contribution >= 0.6 is 0 Å². The zero-order chi connectivity index (χ0) is 14.8. The van der Waals surface area contributed by atoms with E-state index >= 15 is 0 Å². The van der Waals surface area contributed by atoms with E-state index in [2.05, 4.69) is 24.1 Å². The van der Waals surface area contributed by atoms with Crippen LogP contribution in [0.3, 0.4) is 0 Å². The Bertz CT molecular complexity index is 413. The van der Waals surface area contributed by atoms with E-state index in [1.165, 1.54) is 6.42 Å². The van der Waals surface area contributed by atoms with E-state index < -0.39 is 15.9 Å². The fourth-order valence-electron chi connectivity index (χ4n) is 3.45. The monoisotopic (exact) mass is 304 g/mol. The highest BCUT2D eigenvalue weighted by Crippen LogP contribution is 2.26. The molecule has 0 amide bonds. The minimum Gasteiger partial charge on any atom is -0.390 e. The summed E-state index contributed by atoms with van der Waals surface area (Å²) in [5.74, 6) is 0.603. The second kappa shape index (κ2) is 6.73. The molecule has 2 aliphatic heterocycles. The van der Waals surface area contributed by atoms with Gasteiger partial charge in [0.2, 0.25) is 0 Å². The second-order valence-corrected chi connectivity index (χ2v) is 8.51. The van der Waals surface area contributed by atoms with E-state index in [9.17, 15) is 13.5 Å². The average molecular weight is 304 g/mol. The first kappa shape index (κ1) is 16.2. The molecule has 2 fully saturated rings. The molecule has 0 aromatic rings. The van der Waals surface area contributed by atoms with Crippen LogP contribution in [-0.4, -0.2) is 67.8 Å². The molecule has 0 saturated carbocycles. The Morgan fingerprint density at radius 1 is 1.40 bits per heavy atom. The van der Waals surface area contributed by atoms with Gasteiger partial charge < -0.3 is 10.4 Å². The molecule has 118 valence electrons. The first-order valence-electron chi connectivity index (χ1n) is 7.79. The van der Waals surface area contributed by atoms with Gasteiger partial charge in [-0.3, -0.25) is 4.90 Å². The number of nitrogens with one attached hydrogen (secondary N) is 1. The molecule has 2 N–H and O–H groups in total. The fraction of sp³-hybridized carbons (Fsp3) is 1.00. The van der Waals surface area contributed by atoms with Gasteiger partial charge in [-0.15, -0.1) is 0 Å². The molecule has 5 nitrogen and oxygen atoms in total. The van der Waals surface area contributed by atoms with Crippen molar-refractivity contribution >= 4 is 9.84 Å². The van der Waals surface area contributed by atoms with Crippen molar-refractivity contribution in [1.82, 2.24) is 10.2 Å². The number of hydrogen-bond donors (Lipinski definition) is 2. The largest absolute Gasteiger partial charge is 0.390 e. The summed E-state index contributed by atoms with van der Waals surface area (Å²) in [6.45, 7) is 7.21. The highest BCUT2D eigenvalue weighted by atomic mass is 32.2. The predicted molar refractivity (Wildman–Crippen MR) is 80.5 cm³/mol. The molecule has 2 aliphatic rings. The Kier molecular flexibility index (Phi) is 5.45. The van der Waals surface area contributed by atoms with Crippen LogP contribution in [0.25, 0.3) is 0 Å². The lowest BCUT2D eigenvalue weighted by Gasteiger charge is -2.39. The molecule has 4 atom stereocenters.